The number of rotatable bonds is 8. The van der Waals surface area contributed by atoms with Crippen molar-refractivity contribution in [3.8, 4) is 0 Å². The fourth-order valence-corrected chi connectivity index (χ4v) is 2.06. The molecule has 0 aliphatic heterocycles. The molecule has 0 fully saturated rings. The van der Waals surface area contributed by atoms with Gasteiger partial charge in [-0.2, -0.15) is 0 Å². The Balaban J connectivity index is 2.76. The highest BCUT2D eigenvalue weighted by Gasteiger charge is 2.18. The molecule has 1 rings (SSSR count). The first-order chi connectivity index (χ1) is 9.39. The Morgan fingerprint density at radius 3 is 2.60 bits per heavy atom. The molecule has 114 valence electrons. The minimum absolute atomic E-state index is 0.111. The molecule has 4 N–H and O–H groups in total. The van der Waals surface area contributed by atoms with E-state index in [9.17, 15) is 0 Å². The summed E-state index contributed by atoms with van der Waals surface area (Å²) < 4.78 is 0. The summed E-state index contributed by atoms with van der Waals surface area (Å²) >= 11 is 0. The van der Waals surface area contributed by atoms with Gasteiger partial charge in [0.15, 0.2) is 0 Å². The molecule has 0 aliphatic carbocycles. The summed E-state index contributed by atoms with van der Waals surface area (Å²) in [5, 5.41) is 12.3. The van der Waals surface area contributed by atoms with E-state index in [1.807, 2.05) is 6.92 Å². The van der Waals surface area contributed by atoms with E-state index in [-0.39, 0.29) is 12.0 Å². The number of nitrogen functional groups attached to an aromatic ring is 1. The molecule has 0 saturated carbocycles. The van der Waals surface area contributed by atoms with Gasteiger partial charge >= 0.3 is 0 Å². The number of nitrogens with zero attached hydrogens (tertiary/aromatic N) is 2. The number of aliphatic hydroxyl groups excluding tert-OH is 1. The maximum absolute atomic E-state index is 8.93. The highest BCUT2D eigenvalue weighted by molar-refractivity contribution is 5.54. The standard InChI is InChI=1S/C15H28N4O/c1-5-7-12-18-13(16)11(2)14(19-12)17-10-15(3,4)8-6-9-20/h20H,5-10H2,1-4H3,(H3,16,17,18,19). The van der Waals surface area contributed by atoms with E-state index >= 15 is 0 Å². The third-order valence-electron chi connectivity index (χ3n) is 3.45. The van der Waals surface area contributed by atoms with Crippen LogP contribution >= 0.6 is 0 Å². The highest BCUT2D eigenvalue weighted by atomic mass is 16.2. The number of hydrogen-bond acceptors (Lipinski definition) is 5. The lowest BCUT2D eigenvalue weighted by atomic mass is 9.88. The lowest BCUT2D eigenvalue weighted by molar-refractivity contribution is 0.248. The summed E-state index contributed by atoms with van der Waals surface area (Å²) in [6.45, 7) is 9.45. The topological polar surface area (TPSA) is 84.1 Å². The second-order valence-corrected chi connectivity index (χ2v) is 6.09. The van der Waals surface area contributed by atoms with E-state index < -0.39 is 0 Å². The van der Waals surface area contributed by atoms with E-state index in [4.69, 9.17) is 10.8 Å². The van der Waals surface area contributed by atoms with Crippen LogP contribution in [0.4, 0.5) is 11.6 Å². The molecule has 0 atom stereocenters. The van der Waals surface area contributed by atoms with Crippen LogP contribution in [0.3, 0.4) is 0 Å². The second-order valence-electron chi connectivity index (χ2n) is 6.09. The summed E-state index contributed by atoms with van der Waals surface area (Å²) in [6, 6.07) is 0. The van der Waals surface area contributed by atoms with Crippen molar-refractivity contribution < 1.29 is 5.11 Å². The molecular formula is C15H28N4O. The van der Waals surface area contributed by atoms with Crippen LogP contribution in [-0.4, -0.2) is 28.2 Å². The molecule has 1 aromatic heterocycles. The number of aryl methyl sites for hydroxylation is 1. The average Bonchev–Trinajstić information content (AvgIpc) is 2.39. The molecule has 0 unspecified atom stereocenters. The van der Waals surface area contributed by atoms with E-state index in [0.717, 1.165) is 49.4 Å². The van der Waals surface area contributed by atoms with E-state index in [0.29, 0.717) is 5.82 Å². The van der Waals surface area contributed by atoms with Crippen LogP contribution in [0.5, 0.6) is 0 Å². The summed E-state index contributed by atoms with van der Waals surface area (Å²) in [4.78, 5) is 8.87. The van der Waals surface area contributed by atoms with Crippen LogP contribution in [0, 0.1) is 12.3 Å². The molecule has 0 amide bonds. The van der Waals surface area contributed by atoms with Gasteiger partial charge in [0, 0.05) is 25.1 Å². The van der Waals surface area contributed by atoms with Crippen LogP contribution in [0.25, 0.3) is 0 Å². The fraction of sp³-hybridized carbons (Fsp3) is 0.733. The molecule has 0 radical (unpaired) electrons. The first-order valence-corrected chi connectivity index (χ1v) is 7.37. The Morgan fingerprint density at radius 2 is 2.00 bits per heavy atom. The summed E-state index contributed by atoms with van der Waals surface area (Å²) in [5.74, 6) is 2.18. The SMILES string of the molecule is CCCc1nc(N)c(C)c(NCC(C)(C)CCCO)n1. The van der Waals surface area contributed by atoms with Gasteiger partial charge < -0.3 is 16.2 Å². The molecule has 0 aromatic carbocycles. The van der Waals surface area contributed by atoms with Gasteiger partial charge in [-0.05, 0) is 31.6 Å². The van der Waals surface area contributed by atoms with Crippen molar-refractivity contribution in [3.05, 3.63) is 11.4 Å². The first kappa shape index (κ1) is 16.7. The second kappa shape index (κ2) is 7.43. The zero-order valence-electron chi connectivity index (χ0n) is 13.2. The molecule has 0 aliphatic rings. The number of anilines is 2. The maximum atomic E-state index is 8.93. The first-order valence-electron chi connectivity index (χ1n) is 7.37. The van der Waals surface area contributed by atoms with Crippen LogP contribution in [0.1, 0.15) is 51.4 Å². The minimum Gasteiger partial charge on any atom is -0.396 e. The molecule has 0 spiro atoms. The van der Waals surface area contributed by atoms with Crippen LogP contribution in [0.2, 0.25) is 0 Å². The van der Waals surface area contributed by atoms with Crippen molar-refractivity contribution in [2.75, 3.05) is 24.2 Å². The molecule has 5 heteroatoms. The predicted octanol–water partition coefficient (Wildman–Crippen LogP) is 2.53. The number of aromatic nitrogens is 2. The number of aliphatic hydroxyl groups is 1. The Kier molecular flexibility index (Phi) is 6.20. The van der Waals surface area contributed by atoms with Crippen molar-refractivity contribution >= 4 is 11.6 Å². The zero-order chi connectivity index (χ0) is 15.2. The largest absolute Gasteiger partial charge is 0.396 e. The Labute approximate surface area is 122 Å². The van der Waals surface area contributed by atoms with Crippen molar-refractivity contribution in [2.45, 2.75) is 53.4 Å². The Bertz CT molecular complexity index is 432. The summed E-state index contributed by atoms with van der Waals surface area (Å²) in [6.07, 6.45) is 3.63. The van der Waals surface area contributed by atoms with Crippen molar-refractivity contribution in [2.24, 2.45) is 5.41 Å². The smallest absolute Gasteiger partial charge is 0.134 e. The van der Waals surface area contributed by atoms with E-state index in [2.05, 4.69) is 36.1 Å². The fourth-order valence-electron chi connectivity index (χ4n) is 2.06. The molecule has 5 nitrogen and oxygen atoms in total. The van der Waals surface area contributed by atoms with Crippen LogP contribution in [0.15, 0.2) is 0 Å². The molecule has 0 bridgehead atoms. The quantitative estimate of drug-likeness (QED) is 0.681. The molecule has 1 heterocycles. The van der Waals surface area contributed by atoms with Crippen LogP contribution in [-0.2, 0) is 6.42 Å². The van der Waals surface area contributed by atoms with Crippen LogP contribution < -0.4 is 11.1 Å². The molecule has 0 saturated heterocycles. The lowest BCUT2D eigenvalue weighted by Crippen LogP contribution is -2.24. The van der Waals surface area contributed by atoms with Gasteiger partial charge in [0.25, 0.3) is 0 Å². The zero-order valence-corrected chi connectivity index (χ0v) is 13.2. The van der Waals surface area contributed by atoms with Gasteiger partial charge in [0.2, 0.25) is 0 Å². The predicted molar refractivity (Wildman–Crippen MR) is 83.8 cm³/mol. The van der Waals surface area contributed by atoms with Crippen molar-refractivity contribution in [1.29, 1.82) is 0 Å². The molecular weight excluding hydrogens is 252 g/mol. The van der Waals surface area contributed by atoms with Gasteiger partial charge in [-0.1, -0.05) is 20.8 Å². The highest BCUT2D eigenvalue weighted by Crippen LogP contribution is 2.24. The molecule has 1 aromatic rings. The molecule has 20 heavy (non-hydrogen) atoms. The average molecular weight is 280 g/mol. The van der Waals surface area contributed by atoms with Crippen molar-refractivity contribution in [1.82, 2.24) is 9.97 Å². The third-order valence-corrected chi connectivity index (χ3v) is 3.45. The summed E-state index contributed by atoms with van der Waals surface area (Å²) in [7, 11) is 0. The summed E-state index contributed by atoms with van der Waals surface area (Å²) in [5.41, 5.74) is 6.96. The van der Waals surface area contributed by atoms with Gasteiger partial charge in [0.1, 0.15) is 17.5 Å². The number of nitrogens with two attached hydrogens (primary N) is 1. The number of nitrogens with one attached hydrogen (secondary N) is 1. The maximum Gasteiger partial charge on any atom is 0.134 e. The van der Waals surface area contributed by atoms with E-state index in [1.54, 1.807) is 0 Å². The monoisotopic (exact) mass is 280 g/mol. The van der Waals surface area contributed by atoms with Gasteiger partial charge in [-0.25, -0.2) is 9.97 Å². The number of hydrogen-bond donors (Lipinski definition) is 3. The lowest BCUT2D eigenvalue weighted by Gasteiger charge is -2.25. The Morgan fingerprint density at radius 1 is 1.30 bits per heavy atom. The van der Waals surface area contributed by atoms with E-state index in [1.165, 1.54) is 0 Å². The normalized spacial score (nSPS) is 11.7. The minimum atomic E-state index is 0.111. The van der Waals surface area contributed by atoms with Gasteiger partial charge in [-0.15, -0.1) is 0 Å². The van der Waals surface area contributed by atoms with Gasteiger partial charge in [0.05, 0.1) is 0 Å². The third kappa shape index (κ3) is 4.96. The van der Waals surface area contributed by atoms with Crippen molar-refractivity contribution in [3.63, 3.8) is 0 Å². The Hall–Kier alpha value is -1.36. The van der Waals surface area contributed by atoms with Gasteiger partial charge in [-0.3, -0.25) is 0 Å².